The predicted molar refractivity (Wildman–Crippen MR) is 70.6 cm³/mol. The Labute approximate surface area is 98.5 Å². The highest BCUT2D eigenvalue weighted by Crippen LogP contribution is 2.31. The summed E-state index contributed by atoms with van der Waals surface area (Å²) in [5.41, 5.74) is 1.45. The minimum atomic E-state index is 0.305. The maximum Gasteiger partial charge on any atom is 0.0122 e. The molecule has 0 radical (unpaired) electrons. The van der Waals surface area contributed by atoms with Crippen LogP contribution in [0.3, 0.4) is 0 Å². The molecule has 0 saturated heterocycles. The van der Waals surface area contributed by atoms with Crippen LogP contribution in [-0.2, 0) is 6.42 Å². The Morgan fingerprint density at radius 3 is 2.00 bits per heavy atom. The zero-order chi connectivity index (χ0) is 11.5. The highest BCUT2D eigenvalue weighted by Gasteiger charge is 2.11. The fourth-order valence-electron chi connectivity index (χ4n) is 1.52. The number of rotatable bonds is 3. The van der Waals surface area contributed by atoms with Crippen LogP contribution in [0.2, 0.25) is 0 Å². The van der Waals surface area contributed by atoms with Gasteiger partial charge in [0.05, 0.1) is 0 Å². The number of benzene rings is 1. The smallest absolute Gasteiger partial charge is 0.0122 e. The number of thioether (sulfide) groups is 1. The van der Waals surface area contributed by atoms with Gasteiger partial charge in [0.1, 0.15) is 0 Å². The summed E-state index contributed by atoms with van der Waals surface area (Å²) in [5, 5.41) is 0. The second-order valence-corrected chi connectivity index (χ2v) is 7.36. The number of hydrogen-bond donors (Lipinski definition) is 0. The van der Waals surface area contributed by atoms with Crippen molar-refractivity contribution in [3.05, 3.63) is 29.8 Å². The van der Waals surface area contributed by atoms with Crippen molar-refractivity contribution >= 4 is 11.8 Å². The molecule has 84 valence electrons. The third-order valence-electron chi connectivity index (χ3n) is 1.99. The van der Waals surface area contributed by atoms with Gasteiger partial charge >= 0.3 is 0 Å². The van der Waals surface area contributed by atoms with Crippen LogP contribution in [0.1, 0.15) is 40.2 Å². The molecule has 0 N–H and O–H groups in total. The summed E-state index contributed by atoms with van der Waals surface area (Å²) in [7, 11) is 0. The standard InChI is InChI=1S/C14H22S/c1-11(2)10-12-6-8-13(9-7-12)15-14(3,4)5/h6-9,11H,10H2,1-5H3. The maximum atomic E-state index is 2.26. The van der Waals surface area contributed by atoms with E-state index in [2.05, 4.69) is 58.9 Å². The minimum Gasteiger partial charge on any atom is -0.120 e. The van der Waals surface area contributed by atoms with Gasteiger partial charge in [0.25, 0.3) is 0 Å². The van der Waals surface area contributed by atoms with Crippen LogP contribution in [0, 0.1) is 5.92 Å². The Kier molecular flexibility index (Phi) is 4.27. The van der Waals surface area contributed by atoms with Crippen LogP contribution in [-0.4, -0.2) is 4.75 Å². The predicted octanol–water partition coefficient (Wildman–Crippen LogP) is 4.78. The van der Waals surface area contributed by atoms with Crippen LogP contribution >= 0.6 is 11.8 Å². The molecule has 1 aromatic rings. The maximum absolute atomic E-state index is 2.26. The first-order valence-corrected chi connectivity index (χ1v) is 6.46. The van der Waals surface area contributed by atoms with E-state index >= 15 is 0 Å². The van der Waals surface area contributed by atoms with Crippen molar-refractivity contribution in [1.29, 1.82) is 0 Å². The van der Waals surface area contributed by atoms with Gasteiger partial charge in [-0.2, -0.15) is 0 Å². The van der Waals surface area contributed by atoms with Gasteiger partial charge in [0, 0.05) is 9.64 Å². The molecule has 0 aliphatic carbocycles. The number of hydrogen-bond acceptors (Lipinski definition) is 1. The fraction of sp³-hybridized carbons (Fsp3) is 0.571. The van der Waals surface area contributed by atoms with Crippen LogP contribution in [0.5, 0.6) is 0 Å². The molecule has 0 aliphatic heterocycles. The Morgan fingerprint density at radius 2 is 1.60 bits per heavy atom. The van der Waals surface area contributed by atoms with Crippen molar-refractivity contribution in [2.75, 3.05) is 0 Å². The molecule has 0 fully saturated rings. The third kappa shape index (κ3) is 5.27. The average molecular weight is 222 g/mol. The lowest BCUT2D eigenvalue weighted by Gasteiger charge is -2.17. The lowest BCUT2D eigenvalue weighted by Crippen LogP contribution is -2.06. The molecule has 0 heterocycles. The summed E-state index contributed by atoms with van der Waals surface area (Å²) >= 11 is 1.93. The molecule has 1 aromatic carbocycles. The van der Waals surface area contributed by atoms with Gasteiger partial charge < -0.3 is 0 Å². The fourth-order valence-corrected chi connectivity index (χ4v) is 2.50. The molecule has 0 nitrogen and oxygen atoms in total. The lowest BCUT2D eigenvalue weighted by atomic mass is 10.0. The molecule has 15 heavy (non-hydrogen) atoms. The van der Waals surface area contributed by atoms with Crippen molar-refractivity contribution in [1.82, 2.24) is 0 Å². The Bertz CT molecular complexity index is 290. The van der Waals surface area contributed by atoms with Crippen molar-refractivity contribution in [3.63, 3.8) is 0 Å². The van der Waals surface area contributed by atoms with Gasteiger partial charge in [-0.25, -0.2) is 0 Å². The Hall–Kier alpha value is -0.430. The third-order valence-corrected chi connectivity index (χ3v) is 3.11. The summed E-state index contributed by atoms with van der Waals surface area (Å²) < 4.78 is 0.305. The van der Waals surface area contributed by atoms with E-state index in [1.807, 2.05) is 11.8 Å². The van der Waals surface area contributed by atoms with E-state index < -0.39 is 0 Å². The first-order chi connectivity index (χ1) is 6.87. The molecule has 1 rings (SSSR count). The normalized spacial score (nSPS) is 12.1. The van der Waals surface area contributed by atoms with Crippen LogP contribution in [0.25, 0.3) is 0 Å². The Morgan fingerprint density at radius 1 is 1.07 bits per heavy atom. The van der Waals surface area contributed by atoms with Gasteiger partial charge in [0.15, 0.2) is 0 Å². The minimum absolute atomic E-state index is 0.305. The summed E-state index contributed by atoms with van der Waals surface area (Å²) in [6.45, 7) is 11.3. The van der Waals surface area contributed by atoms with Gasteiger partial charge in [-0.1, -0.05) is 46.8 Å². The summed E-state index contributed by atoms with van der Waals surface area (Å²) in [4.78, 5) is 1.37. The largest absolute Gasteiger partial charge is 0.120 e. The molecule has 0 aliphatic rings. The van der Waals surface area contributed by atoms with Crippen LogP contribution < -0.4 is 0 Å². The van der Waals surface area contributed by atoms with Crippen molar-refractivity contribution in [3.8, 4) is 0 Å². The molecular formula is C14H22S. The lowest BCUT2D eigenvalue weighted by molar-refractivity contribution is 0.647. The van der Waals surface area contributed by atoms with Crippen molar-refractivity contribution in [2.45, 2.75) is 50.7 Å². The van der Waals surface area contributed by atoms with Gasteiger partial charge in [-0.3, -0.25) is 0 Å². The van der Waals surface area contributed by atoms with Crippen LogP contribution in [0.4, 0.5) is 0 Å². The van der Waals surface area contributed by atoms with Gasteiger partial charge in [-0.05, 0) is 30.0 Å². The zero-order valence-corrected chi connectivity index (χ0v) is 11.3. The molecule has 1 heteroatoms. The van der Waals surface area contributed by atoms with E-state index in [0.717, 1.165) is 5.92 Å². The molecule has 0 atom stereocenters. The molecule has 0 unspecified atom stereocenters. The highest BCUT2D eigenvalue weighted by atomic mass is 32.2. The first kappa shape index (κ1) is 12.6. The van der Waals surface area contributed by atoms with E-state index in [1.54, 1.807) is 0 Å². The van der Waals surface area contributed by atoms with E-state index in [0.29, 0.717) is 4.75 Å². The summed E-state index contributed by atoms with van der Waals surface area (Å²) in [5.74, 6) is 0.742. The second kappa shape index (κ2) is 5.07. The first-order valence-electron chi connectivity index (χ1n) is 5.65. The zero-order valence-electron chi connectivity index (χ0n) is 10.5. The Balaban J connectivity index is 2.64. The molecule has 0 spiro atoms. The van der Waals surface area contributed by atoms with E-state index in [4.69, 9.17) is 0 Å². The second-order valence-electron chi connectivity index (χ2n) is 5.46. The van der Waals surface area contributed by atoms with Crippen molar-refractivity contribution in [2.24, 2.45) is 5.92 Å². The molecule has 0 saturated carbocycles. The van der Waals surface area contributed by atoms with E-state index in [-0.39, 0.29) is 0 Å². The van der Waals surface area contributed by atoms with E-state index in [9.17, 15) is 0 Å². The van der Waals surface area contributed by atoms with Gasteiger partial charge in [-0.15, -0.1) is 11.8 Å². The molecule has 0 aromatic heterocycles. The average Bonchev–Trinajstić information content (AvgIpc) is 2.05. The summed E-state index contributed by atoms with van der Waals surface area (Å²) in [6.07, 6.45) is 1.18. The SMILES string of the molecule is CC(C)Cc1ccc(SC(C)(C)C)cc1. The van der Waals surface area contributed by atoms with Gasteiger partial charge in [0.2, 0.25) is 0 Å². The van der Waals surface area contributed by atoms with Crippen LogP contribution in [0.15, 0.2) is 29.2 Å². The molecule has 0 bridgehead atoms. The quantitative estimate of drug-likeness (QED) is 0.663. The topological polar surface area (TPSA) is 0 Å². The molecular weight excluding hydrogens is 200 g/mol. The van der Waals surface area contributed by atoms with Crippen molar-refractivity contribution < 1.29 is 0 Å². The highest BCUT2D eigenvalue weighted by molar-refractivity contribution is 8.00. The van der Waals surface area contributed by atoms with E-state index in [1.165, 1.54) is 16.9 Å². The molecule has 0 amide bonds. The summed E-state index contributed by atoms with van der Waals surface area (Å²) in [6, 6.07) is 9.00. The monoisotopic (exact) mass is 222 g/mol.